The van der Waals surface area contributed by atoms with Crippen molar-refractivity contribution in [1.82, 2.24) is 14.8 Å². The van der Waals surface area contributed by atoms with Crippen molar-refractivity contribution >= 4 is 0 Å². The number of hydrogen-bond acceptors (Lipinski definition) is 4. The highest BCUT2D eigenvalue weighted by atomic mass is 16.5. The Morgan fingerprint density at radius 3 is 2.75 bits per heavy atom. The highest BCUT2D eigenvalue weighted by Gasteiger charge is 2.32. The van der Waals surface area contributed by atoms with Gasteiger partial charge in [-0.25, -0.2) is 0 Å². The van der Waals surface area contributed by atoms with Crippen LogP contribution in [0.15, 0.2) is 17.1 Å². The van der Waals surface area contributed by atoms with Gasteiger partial charge in [0.15, 0.2) is 5.75 Å². The highest BCUT2D eigenvalue weighted by Crippen LogP contribution is 2.32. The van der Waals surface area contributed by atoms with Crippen LogP contribution in [0.5, 0.6) is 5.75 Å². The third kappa shape index (κ3) is 4.39. The van der Waals surface area contributed by atoms with E-state index < -0.39 is 0 Å². The van der Waals surface area contributed by atoms with Crippen molar-refractivity contribution in [3.8, 4) is 5.75 Å². The van der Waals surface area contributed by atoms with E-state index in [-0.39, 0.29) is 5.43 Å². The summed E-state index contributed by atoms with van der Waals surface area (Å²) in [6.45, 7) is 10.1. The van der Waals surface area contributed by atoms with E-state index in [2.05, 4.69) is 28.6 Å². The molecule has 0 aromatic carbocycles. The summed E-state index contributed by atoms with van der Waals surface area (Å²) in [4.78, 5) is 20.4. The number of rotatable bonds is 6. The zero-order valence-corrected chi connectivity index (χ0v) is 15.3. The maximum Gasteiger partial charge on any atom is 0.223 e. The van der Waals surface area contributed by atoms with Crippen molar-refractivity contribution in [2.24, 2.45) is 11.8 Å². The number of ether oxygens (including phenoxy) is 1. The summed E-state index contributed by atoms with van der Waals surface area (Å²) in [6.07, 6.45) is 5.71. The molecule has 2 aliphatic rings. The van der Waals surface area contributed by atoms with Crippen LogP contribution in [0, 0.1) is 11.8 Å². The molecule has 1 N–H and O–H groups in total. The van der Waals surface area contributed by atoms with Crippen molar-refractivity contribution < 1.29 is 4.74 Å². The van der Waals surface area contributed by atoms with Gasteiger partial charge < -0.3 is 9.72 Å². The van der Waals surface area contributed by atoms with Crippen molar-refractivity contribution in [2.45, 2.75) is 45.7 Å². The first-order chi connectivity index (χ1) is 11.6. The summed E-state index contributed by atoms with van der Waals surface area (Å²) < 4.78 is 5.05. The van der Waals surface area contributed by atoms with Crippen LogP contribution in [0.1, 0.15) is 38.8 Å². The van der Waals surface area contributed by atoms with Gasteiger partial charge in [-0.05, 0) is 44.2 Å². The molecule has 1 aliphatic heterocycles. The first-order valence-corrected chi connectivity index (χ1v) is 9.29. The Kier molecular flexibility index (Phi) is 5.61. The molecule has 0 amide bonds. The van der Waals surface area contributed by atoms with Crippen LogP contribution >= 0.6 is 0 Å². The van der Waals surface area contributed by atoms with E-state index in [0.717, 1.165) is 31.2 Å². The topological polar surface area (TPSA) is 48.6 Å². The van der Waals surface area contributed by atoms with Crippen molar-refractivity contribution in [3.05, 3.63) is 28.2 Å². The molecule has 1 saturated carbocycles. The summed E-state index contributed by atoms with van der Waals surface area (Å²) in [7, 11) is 1.53. The Morgan fingerprint density at radius 1 is 1.33 bits per heavy atom. The summed E-state index contributed by atoms with van der Waals surface area (Å²) in [5.74, 6) is 1.97. The SMILES string of the molecule is COc1c[nH]c(CN2CCCN(CC3CC3)C(C(C)C)C2)cc1=O. The average Bonchev–Trinajstić information content (AvgIpc) is 3.36. The highest BCUT2D eigenvalue weighted by molar-refractivity contribution is 5.20. The van der Waals surface area contributed by atoms with Crippen LogP contribution < -0.4 is 10.2 Å². The molecule has 2 heterocycles. The molecule has 5 heteroatoms. The fraction of sp³-hybridized carbons (Fsp3) is 0.737. The summed E-state index contributed by atoms with van der Waals surface area (Å²) in [6, 6.07) is 2.29. The fourth-order valence-electron chi connectivity index (χ4n) is 3.76. The molecule has 0 spiro atoms. The number of methoxy groups -OCH3 is 1. The summed E-state index contributed by atoms with van der Waals surface area (Å²) in [5.41, 5.74) is 0.927. The molecule has 0 radical (unpaired) electrons. The fourth-order valence-corrected chi connectivity index (χ4v) is 3.76. The average molecular weight is 333 g/mol. The zero-order chi connectivity index (χ0) is 17.1. The van der Waals surface area contributed by atoms with Crippen molar-refractivity contribution in [2.75, 3.05) is 33.3 Å². The monoisotopic (exact) mass is 333 g/mol. The third-order valence-electron chi connectivity index (χ3n) is 5.34. The number of H-pyrrole nitrogens is 1. The molecule has 3 rings (SSSR count). The smallest absolute Gasteiger partial charge is 0.223 e. The van der Waals surface area contributed by atoms with E-state index in [1.165, 1.54) is 39.5 Å². The molecular weight excluding hydrogens is 302 g/mol. The lowest BCUT2D eigenvalue weighted by Gasteiger charge is -2.34. The Morgan fingerprint density at radius 2 is 2.12 bits per heavy atom. The number of hydrogen-bond donors (Lipinski definition) is 1. The second-order valence-corrected chi connectivity index (χ2v) is 7.73. The largest absolute Gasteiger partial charge is 0.491 e. The van der Waals surface area contributed by atoms with Gasteiger partial charge in [-0.15, -0.1) is 0 Å². The second kappa shape index (κ2) is 7.70. The molecule has 2 fully saturated rings. The molecule has 0 bridgehead atoms. The van der Waals surface area contributed by atoms with Crippen LogP contribution in [0.3, 0.4) is 0 Å². The molecule has 1 unspecified atom stereocenters. The minimum Gasteiger partial charge on any atom is -0.491 e. The van der Waals surface area contributed by atoms with Crippen LogP contribution in [-0.4, -0.2) is 54.1 Å². The predicted molar refractivity (Wildman–Crippen MR) is 96.4 cm³/mol. The number of aromatic nitrogens is 1. The maximum atomic E-state index is 12.0. The third-order valence-corrected chi connectivity index (χ3v) is 5.34. The Hall–Kier alpha value is -1.33. The summed E-state index contributed by atoms with van der Waals surface area (Å²) in [5, 5.41) is 0. The van der Waals surface area contributed by atoms with E-state index in [9.17, 15) is 4.79 Å². The first kappa shape index (κ1) is 17.5. The molecule has 134 valence electrons. The van der Waals surface area contributed by atoms with Crippen LogP contribution in [0.2, 0.25) is 0 Å². The Bertz CT molecular complexity index is 595. The van der Waals surface area contributed by atoms with E-state index in [4.69, 9.17) is 4.74 Å². The van der Waals surface area contributed by atoms with Crippen LogP contribution in [0.4, 0.5) is 0 Å². The molecule has 1 aliphatic carbocycles. The van der Waals surface area contributed by atoms with Gasteiger partial charge in [0.25, 0.3) is 0 Å². The predicted octanol–water partition coefficient (Wildman–Crippen LogP) is 2.33. The first-order valence-electron chi connectivity index (χ1n) is 9.29. The van der Waals surface area contributed by atoms with Crippen LogP contribution in [-0.2, 0) is 6.54 Å². The van der Waals surface area contributed by atoms with Gasteiger partial charge in [0.1, 0.15) is 0 Å². The number of nitrogens with zero attached hydrogens (tertiary/aromatic N) is 2. The molecular formula is C19H31N3O2. The number of nitrogens with one attached hydrogen (secondary N) is 1. The Labute approximate surface area is 145 Å². The van der Waals surface area contributed by atoms with Gasteiger partial charge in [-0.3, -0.25) is 14.6 Å². The number of pyridine rings is 1. The molecule has 5 nitrogen and oxygen atoms in total. The molecule has 1 atom stereocenters. The van der Waals surface area contributed by atoms with Crippen LogP contribution in [0.25, 0.3) is 0 Å². The van der Waals surface area contributed by atoms with E-state index in [1.807, 2.05) is 0 Å². The minimum absolute atomic E-state index is 0.0446. The van der Waals surface area contributed by atoms with Gasteiger partial charge in [-0.2, -0.15) is 0 Å². The van der Waals surface area contributed by atoms with Gasteiger partial charge in [0.2, 0.25) is 5.43 Å². The minimum atomic E-state index is -0.0446. The van der Waals surface area contributed by atoms with Gasteiger partial charge in [0, 0.05) is 43.6 Å². The normalized spacial score (nSPS) is 23.4. The maximum absolute atomic E-state index is 12.0. The van der Waals surface area contributed by atoms with Gasteiger partial charge in [0.05, 0.1) is 7.11 Å². The van der Waals surface area contributed by atoms with Gasteiger partial charge in [-0.1, -0.05) is 13.8 Å². The lowest BCUT2D eigenvalue weighted by atomic mass is 10.0. The molecule has 24 heavy (non-hydrogen) atoms. The summed E-state index contributed by atoms with van der Waals surface area (Å²) >= 11 is 0. The van der Waals surface area contributed by atoms with Crippen molar-refractivity contribution in [1.29, 1.82) is 0 Å². The molecule has 1 saturated heterocycles. The lowest BCUT2D eigenvalue weighted by Crippen LogP contribution is -2.45. The van der Waals surface area contributed by atoms with E-state index in [1.54, 1.807) is 12.3 Å². The number of aromatic amines is 1. The van der Waals surface area contributed by atoms with Crippen molar-refractivity contribution in [3.63, 3.8) is 0 Å². The van der Waals surface area contributed by atoms with Gasteiger partial charge >= 0.3 is 0 Å². The lowest BCUT2D eigenvalue weighted by molar-refractivity contribution is 0.131. The second-order valence-electron chi connectivity index (χ2n) is 7.73. The quantitative estimate of drug-likeness (QED) is 0.868. The Balaban J connectivity index is 1.67. The molecule has 1 aromatic heterocycles. The van der Waals surface area contributed by atoms with E-state index in [0.29, 0.717) is 17.7 Å². The van der Waals surface area contributed by atoms with E-state index >= 15 is 0 Å². The zero-order valence-electron chi connectivity index (χ0n) is 15.3. The standard InChI is InChI=1S/C19H31N3O2/c1-14(2)17-13-21(7-4-8-22(17)11-15-5-6-15)12-16-9-18(23)19(24-3)10-20-16/h9-10,14-15,17H,4-8,11-13H2,1-3H3,(H,20,23). The molecule has 1 aromatic rings.